The van der Waals surface area contributed by atoms with Gasteiger partial charge in [-0.1, -0.05) is 6.92 Å². The summed E-state index contributed by atoms with van der Waals surface area (Å²) in [6.07, 6.45) is 2.37. The first-order valence-corrected chi connectivity index (χ1v) is 6.73. The van der Waals surface area contributed by atoms with E-state index in [1.54, 1.807) is 16.9 Å². The Bertz CT molecular complexity index is 345. The maximum Gasteiger partial charge on any atom is 0.246 e. The number of fused-ring (bicyclic) bond motifs is 1. The third-order valence-electron chi connectivity index (χ3n) is 4.01. The molecule has 0 aromatic rings. The van der Waals surface area contributed by atoms with Gasteiger partial charge >= 0.3 is 0 Å². The van der Waals surface area contributed by atoms with E-state index < -0.39 is 0 Å². The Balaban J connectivity index is 2.20. The zero-order valence-corrected chi connectivity index (χ0v) is 11.4. The van der Waals surface area contributed by atoms with Crippen LogP contribution in [0, 0.1) is 0 Å². The van der Waals surface area contributed by atoms with E-state index in [1.165, 1.54) is 0 Å². The molecule has 0 aromatic heterocycles. The van der Waals surface area contributed by atoms with E-state index >= 15 is 0 Å². The van der Waals surface area contributed by atoms with Gasteiger partial charge in [0.05, 0.1) is 6.10 Å². The molecule has 2 heterocycles. The number of hydrogen-bond donors (Lipinski definition) is 0. The van der Waals surface area contributed by atoms with Crippen LogP contribution in [0.5, 0.6) is 0 Å². The van der Waals surface area contributed by atoms with Crippen LogP contribution in [-0.2, 0) is 14.3 Å². The van der Waals surface area contributed by atoms with Crippen molar-refractivity contribution in [2.75, 3.05) is 20.2 Å². The predicted octanol–water partition coefficient (Wildman–Crippen LogP) is 0.633. The quantitative estimate of drug-likeness (QED) is 0.739. The molecule has 2 amide bonds. The van der Waals surface area contributed by atoms with Gasteiger partial charge in [0.2, 0.25) is 11.8 Å². The summed E-state index contributed by atoms with van der Waals surface area (Å²) in [5, 5.41) is 0. The van der Waals surface area contributed by atoms with Gasteiger partial charge in [-0.2, -0.15) is 0 Å². The Morgan fingerprint density at radius 2 is 2.11 bits per heavy atom. The van der Waals surface area contributed by atoms with Crippen molar-refractivity contribution in [1.82, 2.24) is 9.80 Å². The van der Waals surface area contributed by atoms with Crippen LogP contribution in [0.15, 0.2) is 0 Å². The minimum absolute atomic E-state index is 0.0382. The number of carbonyl (C=O) groups excluding carboxylic acids is 2. The fourth-order valence-electron chi connectivity index (χ4n) is 2.92. The summed E-state index contributed by atoms with van der Waals surface area (Å²) in [4.78, 5) is 28.3. The molecule has 3 unspecified atom stereocenters. The Morgan fingerprint density at radius 1 is 1.39 bits per heavy atom. The molecule has 102 valence electrons. The molecule has 5 nitrogen and oxygen atoms in total. The Morgan fingerprint density at radius 3 is 2.72 bits per heavy atom. The molecule has 0 bridgehead atoms. The van der Waals surface area contributed by atoms with E-state index in [0.29, 0.717) is 13.0 Å². The molecule has 0 aromatic carbocycles. The van der Waals surface area contributed by atoms with Crippen molar-refractivity contribution in [2.24, 2.45) is 0 Å². The molecule has 0 radical (unpaired) electrons. The average molecular weight is 254 g/mol. The Hall–Kier alpha value is -1.10. The summed E-state index contributed by atoms with van der Waals surface area (Å²) in [5.41, 5.74) is 0. The van der Waals surface area contributed by atoms with Gasteiger partial charge in [-0.15, -0.1) is 0 Å². The van der Waals surface area contributed by atoms with Crippen LogP contribution in [0.25, 0.3) is 0 Å². The normalized spacial score (nSPS) is 29.7. The average Bonchev–Trinajstić information content (AvgIpc) is 2.85. The molecular weight excluding hydrogens is 232 g/mol. The van der Waals surface area contributed by atoms with Crippen molar-refractivity contribution in [3.63, 3.8) is 0 Å². The minimum atomic E-state index is -0.301. The van der Waals surface area contributed by atoms with E-state index in [9.17, 15) is 9.59 Å². The lowest BCUT2D eigenvalue weighted by molar-refractivity contribution is -0.161. The van der Waals surface area contributed by atoms with Crippen molar-refractivity contribution >= 4 is 11.8 Å². The van der Waals surface area contributed by atoms with Gasteiger partial charge in [0, 0.05) is 20.2 Å². The first-order valence-electron chi connectivity index (χ1n) is 6.73. The summed E-state index contributed by atoms with van der Waals surface area (Å²) in [6, 6.07) is -0.520. The van der Waals surface area contributed by atoms with Gasteiger partial charge < -0.3 is 14.5 Å². The van der Waals surface area contributed by atoms with Crippen LogP contribution in [0.3, 0.4) is 0 Å². The lowest BCUT2D eigenvalue weighted by atomic mass is 10.0. The molecule has 2 aliphatic rings. The Kier molecular flexibility index (Phi) is 3.90. The molecule has 2 saturated heterocycles. The zero-order valence-electron chi connectivity index (χ0n) is 11.4. The van der Waals surface area contributed by atoms with Gasteiger partial charge in [0.15, 0.2) is 0 Å². The third kappa shape index (κ3) is 2.11. The number of methoxy groups -OCH3 is 1. The summed E-state index contributed by atoms with van der Waals surface area (Å²) < 4.78 is 5.22. The molecule has 2 fully saturated rings. The van der Waals surface area contributed by atoms with Gasteiger partial charge in [-0.05, 0) is 26.2 Å². The summed E-state index contributed by atoms with van der Waals surface area (Å²) in [6.45, 7) is 5.12. The minimum Gasteiger partial charge on any atom is -0.380 e. The monoisotopic (exact) mass is 254 g/mol. The van der Waals surface area contributed by atoms with E-state index in [1.807, 2.05) is 13.8 Å². The van der Waals surface area contributed by atoms with E-state index in [2.05, 4.69) is 0 Å². The van der Waals surface area contributed by atoms with Gasteiger partial charge in [-0.3, -0.25) is 9.59 Å². The number of piperazine rings is 1. The predicted molar refractivity (Wildman–Crippen MR) is 67.0 cm³/mol. The number of carbonyl (C=O) groups is 2. The van der Waals surface area contributed by atoms with Crippen molar-refractivity contribution in [1.29, 1.82) is 0 Å². The first kappa shape index (κ1) is 13.3. The van der Waals surface area contributed by atoms with Crippen LogP contribution in [0.4, 0.5) is 0 Å². The van der Waals surface area contributed by atoms with Crippen LogP contribution >= 0.6 is 0 Å². The lowest BCUT2D eigenvalue weighted by Gasteiger charge is -2.42. The zero-order chi connectivity index (χ0) is 13.3. The number of ether oxygens (including phenoxy) is 1. The fraction of sp³-hybridized carbons (Fsp3) is 0.846. The van der Waals surface area contributed by atoms with Crippen LogP contribution in [-0.4, -0.2) is 60.0 Å². The molecule has 2 aliphatic heterocycles. The van der Waals surface area contributed by atoms with Gasteiger partial charge in [0.1, 0.15) is 12.1 Å². The molecule has 0 saturated carbocycles. The third-order valence-corrected chi connectivity index (χ3v) is 4.01. The fourth-order valence-corrected chi connectivity index (χ4v) is 2.92. The van der Waals surface area contributed by atoms with Crippen LogP contribution in [0.1, 0.15) is 33.1 Å². The SMILES string of the molecule is CCC1C(=O)N2CCCC2C(=O)N1CC(C)OC. The standard InChI is InChI=1S/C13H22N2O3/c1-4-10-12(16)14-7-5-6-11(14)13(17)15(10)8-9(2)18-3/h9-11H,4-8H2,1-3H3. The number of hydrogen-bond acceptors (Lipinski definition) is 3. The van der Waals surface area contributed by atoms with E-state index in [0.717, 1.165) is 19.4 Å². The molecule has 2 rings (SSSR count). The molecule has 5 heteroatoms. The van der Waals surface area contributed by atoms with E-state index in [-0.39, 0.29) is 30.0 Å². The molecule has 0 aliphatic carbocycles. The number of amides is 2. The van der Waals surface area contributed by atoms with Crippen LogP contribution < -0.4 is 0 Å². The largest absolute Gasteiger partial charge is 0.380 e. The Labute approximate surface area is 108 Å². The van der Waals surface area contributed by atoms with Crippen molar-refractivity contribution in [3.8, 4) is 0 Å². The summed E-state index contributed by atoms with van der Waals surface area (Å²) >= 11 is 0. The molecule has 0 N–H and O–H groups in total. The highest BCUT2D eigenvalue weighted by atomic mass is 16.5. The van der Waals surface area contributed by atoms with Crippen LogP contribution in [0.2, 0.25) is 0 Å². The maximum atomic E-state index is 12.4. The molecule has 0 spiro atoms. The maximum absolute atomic E-state index is 12.4. The highest BCUT2D eigenvalue weighted by Gasteiger charge is 2.47. The smallest absolute Gasteiger partial charge is 0.246 e. The lowest BCUT2D eigenvalue weighted by Crippen LogP contribution is -2.63. The molecule has 18 heavy (non-hydrogen) atoms. The van der Waals surface area contributed by atoms with Gasteiger partial charge in [0.25, 0.3) is 0 Å². The van der Waals surface area contributed by atoms with Gasteiger partial charge in [-0.25, -0.2) is 0 Å². The van der Waals surface area contributed by atoms with Crippen molar-refractivity contribution < 1.29 is 14.3 Å². The second-order valence-corrected chi connectivity index (χ2v) is 5.15. The number of rotatable bonds is 4. The van der Waals surface area contributed by atoms with Crippen molar-refractivity contribution in [2.45, 2.75) is 51.3 Å². The highest BCUT2D eigenvalue weighted by molar-refractivity contribution is 5.97. The number of nitrogens with zero attached hydrogens (tertiary/aromatic N) is 2. The second-order valence-electron chi connectivity index (χ2n) is 5.15. The topological polar surface area (TPSA) is 49.9 Å². The molecular formula is C13H22N2O3. The summed E-state index contributed by atoms with van der Waals surface area (Å²) in [7, 11) is 1.63. The molecule has 3 atom stereocenters. The highest BCUT2D eigenvalue weighted by Crippen LogP contribution is 2.28. The second kappa shape index (κ2) is 5.26. The summed E-state index contributed by atoms with van der Waals surface area (Å²) in [5.74, 6) is 0.214. The first-order chi connectivity index (χ1) is 8.60. The van der Waals surface area contributed by atoms with Crippen molar-refractivity contribution in [3.05, 3.63) is 0 Å². The van der Waals surface area contributed by atoms with E-state index in [4.69, 9.17) is 4.74 Å².